The Balaban J connectivity index is 2.24. The van der Waals surface area contributed by atoms with Crippen molar-refractivity contribution >= 4 is 10.0 Å². The van der Waals surface area contributed by atoms with Gasteiger partial charge in [-0.05, 0) is 31.2 Å². The molecule has 1 fully saturated rings. The van der Waals surface area contributed by atoms with Gasteiger partial charge in [0.1, 0.15) is 0 Å². The van der Waals surface area contributed by atoms with Crippen LogP contribution in [0.5, 0.6) is 0 Å². The number of hydrogen-bond acceptors (Lipinski definition) is 3. The maximum absolute atomic E-state index is 11.3. The first-order chi connectivity index (χ1) is 6.03. The molecule has 13 heavy (non-hydrogen) atoms. The molecule has 0 bridgehead atoms. The Morgan fingerprint density at radius 2 is 2.15 bits per heavy atom. The minimum Gasteiger partial charge on any atom is -0.330 e. The molecule has 4 nitrogen and oxygen atoms in total. The van der Waals surface area contributed by atoms with E-state index < -0.39 is 10.0 Å². The first-order valence-electron chi connectivity index (χ1n) is 4.71. The van der Waals surface area contributed by atoms with Crippen molar-refractivity contribution in [3.8, 4) is 0 Å². The van der Waals surface area contributed by atoms with E-state index in [4.69, 9.17) is 5.73 Å². The maximum Gasteiger partial charge on any atom is 0.211 e. The van der Waals surface area contributed by atoms with Crippen LogP contribution >= 0.6 is 0 Å². The lowest BCUT2D eigenvalue weighted by molar-refractivity contribution is 0.542. The predicted molar refractivity (Wildman–Crippen MR) is 52.7 cm³/mol. The third kappa shape index (κ3) is 4.59. The van der Waals surface area contributed by atoms with Gasteiger partial charge in [0.2, 0.25) is 10.0 Å². The number of nitrogens with one attached hydrogen (secondary N) is 1. The average molecular weight is 206 g/mol. The first kappa shape index (κ1) is 10.9. The lowest BCUT2D eigenvalue weighted by Gasteiger charge is -2.10. The first-order valence-corrected chi connectivity index (χ1v) is 6.36. The van der Waals surface area contributed by atoms with Crippen molar-refractivity contribution in [1.29, 1.82) is 0 Å². The van der Waals surface area contributed by atoms with Crippen LogP contribution in [0.25, 0.3) is 0 Å². The standard InChI is InChI=1S/C8H18N2O2S/c1-7(4-9)5-10-13(11,12)6-8-2-3-8/h7-8,10H,2-6,9H2,1H3. The molecule has 5 heteroatoms. The quantitative estimate of drug-likeness (QED) is 0.638. The Kier molecular flexibility index (Phi) is 3.70. The highest BCUT2D eigenvalue weighted by molar-refractivity contribution is 7.89. The van der Waals surface area contributed by atoms with Gasteiger partial charge in [0.15, 0.2) is 0 Å². The van der Waals surface area contributed by atoms with Gasteiger partial charge in [-0.2, -0.15) is 0 Å². The van der Waals surface area contributed by atoms with Crippen LogP contribution in [0.1, 0.15) is 19.8 Å². The summed E-state index contributed by atoms with van der Waals surface area (Å²) in [6, 6.07) is 0. The van der Waals surface area contributed by atoms with E-state index in [1.54, 1.807) is 0 Å². The molecule has 78 valence electrons. The Bertz CT molecular complexity index is 247. The van der Waals surface area contributed by atoms with E-state index in [1.165, 1.54) is 0 Å². The van der Waals surface area contributed by atoms with Crippen LogP contribution in [0.3, 0.4) is 0 Å². The van der Waals surface area contributed by atoms with E-state index in [9.17, 15) is 8.42 Å². The summed E-state index contributed by atoms with van der Waals surface area (Å²) in [5.74, 6) is 0.921. The van der Waals surface area contributed by atoms with Gasteiger partial charge in [-0.25, -0.2) is 13.1 Å². The fourth-order valence-electron chi connectivity index (χ4n) is 1.01. The van der Waals surface area contributed by atoms with Gasteiger partial charge in [0.05, 0.1) is 5.75 Å². The third-order valence-corrected chi connectivity index (χ3v) is 3.72. The SMILES string of the molecule is CC(CN)CNS(=O)(=O)CC1CC1. The topological polar surface area (TPSA) is 72.2 Å². The number of hydrogen-bond donors (Lipinski definition) is 2. The largest absolute Gasteiger partial charge is 0.330 e. The van der Waals surface area contributed by atoms with Crippen molar-refractivity contribution in [3.63, 3.8) is 0 Å². The minimum atomic E-state index is -3.03. The molecule has 1 rings (SSSR count). The molecular formula is C8H18N2O2S. The Hall–Kier alpha value is -0.130. The van der Waals surface area contributed by atoms with Crippen LogP contribution in [0.4, 0.5) is 0 Å². The zero-order valence-corrected chi connectivity index (χ0v) is 8.81. The molecule has 1 saturated carbocycles. The molecule has 0 heterocycles. The van der Waals surface area contributed by atoms with Gasteiger partial charge in [0.25, 0.3) is 0 Å². The van der Waals surface area contributed by atoms with Gasteiger partial charge in [-0.1, -0.05) is 6.92 Å². The summed E-state index contributed by atoms with van der Waals surface area (Å²) in [6.45, 7) is 2.91. The molecule has 1 atom stereocenters. The summed E-state index contributed by atoms with van der Waals surface area (Å²) in [6.07, 6.45) is 2.13. The molecule has 1 aliphatic carbocycles. The van der Waals surface area contributed by atoms with Gasteiger partial charge < -0.3 is 5.73 Å². The maximum atomic E-state index is 11.3. The van der Waals surface area contributed by atoms with Crippen molar-refractivity contribution in [2.75, 3.05) is 18.8 Å². The van der Waals surface area contributed by atoms with Gasteiger partial charge >= 0.3 is 0 Å². The number of rotatable bonds is 6. The molecule has 0 aromatic carbocycles. The average Bonchev–Trinajstić information content (AvgIpc) is 2.83. The van der Waals surface area contributed by atoms with Crippen LogP contribution in [0, 0.1) is 11.8 Å². The summed E-state index contributed by atoms with van der Waals surface area (Å²) in [4.78, 5) is 0. The van der Waals surface area contributed by atoms with Crippen LogP contribution in [-0.2, 0) is 10.0 Å². The normalized spacial score (nSPS) is 20.2. The lowest BCUT2D eigenvalue weighted by atomic mass is 10.2. The molecule has 0 aliphatic heterocycles. The van der Waals surface area contributed by atoms with E-state index in [0.717, 1.165) is 12.8 Å². The second-order valence-corrected chi connectivity index (χ2v) is 5.77. The van der Waals surface area contributed by atoms with Gasteiger partial charge in [-0.15, -0.1) is 0 Å². The fraction of sp³-hybridized carbons (Fsp3) is 1.00. The van der Waals surface area contributed by atoms with Crippen molar-refractivity contribution in [2.45, 2.75) is 19.8 Å². The summed E-state index contributed by atoms with van der Waals surface area (Å²) in [5.41, 5.74) is 5.38. The zero-order chi connectivity index (χ0) is 9.90. The van der Waals surface area contributed by atoms with Crippen LogP contribution < -0.4 is 10.5 Å². The Labute approximate surface area is 79.9 Å². The zero-order valence-electron chi connectivity index (χ0n) is 7.99. The van der Waals surface area contributed by atoms with Crippen molar-refractivity contribution < 1.29 is 8.42 Å². The molecule has 3 N–H and O–H groups in total. The molecule has 0 aromatic rings. The van der Waals surface area contributed by atoms with Crippen molar-refractivity contribution in [3.05, 3.63) is 0 Å². The molecule has 0 saturated heterocycles. The molecule has 1 unspecified atom stereocenters. The van der Waals surface area contributed by atoms with Crippen LogP contribution in [0.2, 0.25) is 0 Å². The summed E-state index contributed by atoms with van der Waals surface area (Å²) >= 11 is 0. The highest BCUT2D eigenvalue weighted by atomic mass is 32.2. The van der Waals surface area contributed by atoms with Gasteiger partial charge in [0, 0.05) is 6.54 Å². The summed E-state index contributed by atoms with van der Waals surface area (Å²) in [5, 5.41) is 0. The molecular weight excluding hydrogens is 188 g/mol. The fourth-order valence-corrected chi connectivity index (χ4v) is 2.62. The van der Waals surface area contributed by atoms with Gasteiger partial charge in [-0.3, -0.25) is 0 Å². The highest BCUT2D eigenvalue weighted by Gasteiger charge is 2.27. The molecule has 0 amide bonds. The molecule has 1 aliphatic rings. The number of nitrogens with two attached hydrogens (primary N) is 1. The molecule has 0 spiro atoms. The number of sulfonamides is 1. The summed E-state index contributed by atoms with van der Waals surface area (Å²) in [7, 11) is -3.03. The minimum absolute atomic E-state index is 0.217. The second-order valence-electron chi connectivity index (χ2n) is 3.91. The van der Waals surface area contributed by atoms with E-state index >= 15 is 0 Å². The lowest BCUT2D eigenvalue weighted by Crippen LogP contribution is -2.33. The van der Waals surface area contributed by atoms with E-state index in [0.29, 0.717) is 24.8 Å². The molecule has 0 aromatic heterocycles. The Morgan fingerprint density at radius 3 is 2.62 bits per heavy atom. The monoisotopic (exact) mass is 206 g/mol. The highest BCUT2D eigenvalue weighted by Crippen LogP contribution is 2.29. The van der Waals surface area contributed by atoms with Crippen LogP contribution in [-0.4, -0.2) is 27.3 Å². The van der Waals surface area contributed by atoms with E-state index in [1.807, 2.05) is 6.92 Å². The second kappa shape index (κ2) is 4.39. The Morgan fingerprint density at radius 1 is 1.54 bits per heavy atom. The smallest absolute Gasteiger partial charge is 0.211 e. The van der Waals surface area contributed by atoms with Crippen molar-refractivity contribution in [2.24, 2.45) is 17.6 Å². The third-order valence-electron chi connectivity index (χ3n) is 2.21. The van der Waals surface area contributed by atoms with E-state index in [2.05, 4.69) is 4.72 Å². The summed E-state index contributed by atoms with van der Waals surface area (Å²) < 4.78 is 25.3. The van der Waals surface area contributed by atoms with Crippen molar-refractivity contribution in [1.82, 2.24) is 4.72 Å². The van der Waals surface area contributed by atoms with E-state index in [-0.39, 0.29) is 5.92 Å². The predicted octanol–water partition coefficient (Wildman–Crippen LogP) is -0.0894. The van der Waals surface area contributed by atoms with Crippen LogP contribution in [0.15, 0.2) is 0 Å². The molecule has 0 radical (unpaired) electrons.